The van der Waals surface area contributed by atoms with Crippen LogP contribution >= 0.6 is 11.8 Å². The van der Waals surface area contributed by atoms with Gasteiger partial charge in [0.15, 0.2) is 0 Å². The zero-order valence-electron chi connectivity index (χ0n) is 17.2. The van der Waals surface area contributed by atoms with Crippen LogP contribution in [0.3, 0.4) is 0 Å². The van der Waals surface area contributed by atoms with Crippen molar-refractivity contribution >= 4 is 29.0 Å². The van der Waals surface area contributed by atoms with E-state index in [9.17, 15) is 19.7 Å². The molecule has 1 aromatic carbocycles. The van der Waals surface area contributed by atoms with E-state index < -0.39 is 10.8 Å². The van der Waals surface area contributed by atoms with Crippen LogP contribution in [0.2, 0.25) is 0 Å². The number of nitro groups is 1. The first-order chi connectivity index (χ1) is 15.5. The molecule has 0 unspecified atom stereocenters. The minimum Gasteiger partial charge on any atom is -0.320 e. The van der Waals surface area contributed by atoms with Gasteiger partial charge >= 0.3 is 5.69 Å². The molecule has 0 aliphatic heterocycles. The Hall–Kier alpha value is -3.53. The SMILES string of the molecule is O=C(CSc1nc(=O)n(Cc2cccnc2)c2c1CCCC2)Nc1ccccc1[N+](=O)[O-]. The number of thioether (sulfide) groups is 1. The molecule has 4 rings (SSSR count). The maximum Gasteiger partial charge on any atom is 0.349 e. The van der Waals surface area contributed by atoms with Gasteiger partial charge in [0.05, 0.1) is 17.2 Å². The summed E-state index contributed by atoms with van der Waals surface area (Å²) >= 11 is 1.19. The van der Waals surface area contributed by atoms with E-state index in [2.05, 4.69) is 15.3 Å². The molecular weight excluding hydrogens is 430 g/mol. The molecule has 1 N–H and O–H groups in total. The van der Waals surface area contributed by atoms with Crippen LogP contribution in [0.15, 0.2) is 58.6 Å². The number of nitrogens with one attached hydrogen (secondary N) is 1. The average molecular weight is 452 g/mol. The van der Waals surface area contributed by atoms with E-state index in [4.69, 9.17) is 0 Å². The highest BCUT2D eigenvalue weighted by molar-refractivity contribution is 8.00. The number of benzene rings is 1. The predicted octanol–water partition coefficient (Wildman–Crippen LogP) is 3.20. The van der Waals surface area contributed by atoms with Crippen molar-refractivity contribution in [1.29, 1.82) is 0 Å². The Labute approximate surface area is 188 Å². The Balaban J connectivity index is 1.53. The van der Waals surface area contributed by atoms with Crippen molar-refractivity contribution in [1.82, 2.24) is 14.5 Å². The van der Waals surface area contributed by atoms with Gasteiger partial charge in [-0.1, -0.05) is 30.0 Å². The van der Waals surface area contributed by atoms with Crippen molar-refractivity contribution in [3.63, 3.8) is 0 Å². The summed E-state index contributed by atoms with van der Waals surface area (Å²) in [6.45, 7) is 0.408. The van der Waals surface area contributed by atoms with Gasteiger partial charge in [0.2, 0.25) is 5.91 Å². The number of anilines is 1. The number of hydrogen-bond donors (Lipinski definition) is 1. The molecular formula is C22H21N5O4S. The number of rotatable bonds is 7. The number of aromatic nitrogens is 3. The minimum atomic E-state index is -0.539. The Bertz CT molecular complexity index is 1210. The molecule has 32 heavy (non-hydrogen) atoms. The van der Waals surface area contributed by atoms with Gasteiger partial charge in [0, 0.05) is 29.7 Å². The Morgan fingerprint density at radius 1 is 1.19 bits per heavy atom. The second-order valence-corrected chi connectivity index (χ2v) is 8.35. The van der Waals surface area contributed by atoms with Crippen LogP contribution < -0.4 is 11.0 Å². The first kappa shape index (κ1) is 21.7. The van der Waals surface area contributed by atoms with Gasteiger partial charge in [0.1, 0.15) is 10.7 Å². The summed E-state index contributed by atoms with van der Waals surface area (Å²) < 4.78 is 1.70. The molecule has 2 aromatic heterocycles. The highest BCUT2D eigenvalue weighted by Crippen LogP contribution is 2.29. The topological polar surface area (TPSA) is 120 Å². The van der Waals surface area contributed by atoms with Crippen LogP contribution in [-0.4, -0.2) is 31.1 Å². The largest absolute Gasteiger partial charge is 0.349 e. The van der Waals surface area contributed by atoms with Crippen molar-refractivity contribution in [3.8, 4) is 0 Å². The van der Waals surface area contributed by atoms with E-state index in [1.807, 2.05) is 12.1 Å². The second-order valence-electron chi connectivity index (χ2n) is 7.39. The highest BCUT2D eigenvalue weighted by atomic mass is 32.2. The summed E-state index contributed by atoms with van der Waals surface area (Å²) in [4.78, 5) is 44.2. The molecule has 9 nitrogen and oxygen atoms in total. The molecule has 1 amide bonds. The zero-order valence-corrected chi connectivity index (χ0v) is 18.0. The fourth-order valence-corrected chi connectivity index (χ4v) is 4.64. The summed E-state index contributed by atoms with van der Waals surface area (Å²) in [5.41, 5.74) is 2.51. The third-order valence-corrected chi connectivity index (χ3v) is 6.25. The quantitative estimate of drug-likeness (QED) is 0.253. The molecule has 3 aromatic rings. The molecule has 0 fully saturated rings. The summed E-state index contributed by atoms with van der Waals surface area (Å²) in [5.74, 6) is -0.396. The molecule has 0 saturated carbocycles. The Morgan fingerprint density at radius 2 is 2.00 bits per heavy atom. The van der Waals surface area contributed by atoms with E-state index in [0.717, 1.165) is 42.5 Å². The number of carbonyl (C=O) groups is 1. The van der Waals surface area contributed by atoms with E-state index in [1.165, 1.54) is 23.9 Å². The molecule has 1 aliphatic carbocycles. The number of fused-ring (bicyclic) bond motifs is 1. The lowest BCUT2D eigenvalue weighted by molar-refractivity contribution is -0.383. The van der Waals surface area contributed by atoms with E-state index in [1.54, 1.807) is 29.1 Å². The van der Waals surface area contributed by atoms with Crippen LogP contribution in [0, 0.1) is 10.1 Å². The number of carbonyl (C=O) groups excluding carboxylic acids is 1. The minimum absolute atomic E-state index is 0.00243. The number of nitro benzene ring substituents is 1. The first-order valence-electron chi connectivity index (χ1n) is 10.2. The smallest absolute Gasteiger partial charge is 0.320 e. The van der Waals surface area contributed by atoms with Crippen LogP contribution in [0.25, 0.3) is 0 Å². The average Bonchev–Trinajstić information content (AvgIpc) is 2.80. The Kier molecular flexibility index (Phi) is 6.60. The molecule has 0 spiro atoms. The summed E-state index contributed by atoms with van der Waals surface area (Å²) in [5, 5.41) is 14.3. The predicted molar refractivity (Wildman–Crippen MR) is 121 cm³/mol. The highest BCUT2D eigenvalue weighted by Gasteiger charge is 2.22. The van der Waals surface area contributed by atoms with Gasteiger partial charge in [-0.2, -0.15) is 4.98 Å². The number of hydrogen-bond acceptors (Lipinski definition) is 7. The normalized spacial score (nSPS) is 12.8. The standard InChI is InChI=1S/C22H21N5O4S/c28-20(24-17-8-2-4-10-19(17)27(30)31)14-32-21-16-7-1-3-9-18(16)26(22(29)25-21)13-15-6-5-11-23-12-15/h2,4-6,8,10-12H,1,3,7,9,13-14H2,(H,24,28). The van der Waals surface area contributed by atoms with Crippen LogP contribution in [-0.2, 0) is 24.2 Å². The van der Waals surface area contributed by atoms with Crippen molar-refractivity contribution < 1.29 is 9.72 Å². The fraction of sp³-hybridized carbons (Fsp3) is 0.273. The molecule has 2 heterocycles. The number of nitrogens with zero attached hydrogens (tertiary/aromatic N) is 4. The van der Waals surface area contributed by atoms with E-state index in [-0.39, 0.29) is 22.8 Å². The van der Waals surface area contributed by atoms with Crippen molar-refractivity contribution in [2.75, 3.05) is 11.1 Å². The summed E-state index contributed by atoms with van der Waals surface area (Å²) in [7, 11) is 0. The van der Waals surface area contributed by atoms with Crippen molar-refractivity contribution in [3.05, 3.63) is 86.2 Å². The van der Waals surface area contributed by atoms with Crippen molar-refractivity contribution in [2.24, 2.45) is 0 Å². The lowest BCUT2D eigenvalue weighted by Gasteiger charge is -2.22. The van der Waals surface area contributed by atoms with Crippen LogP contribution in [0.1, 0.15) is 29.7 Å². The fourth-order valence-electron chi connectivity index (χ4n) is 3.76. The Morgan fingerprint density at radius 3 is 2.78 bits per heavy atom. The van der Waals surface area contributed by atoms with E-state index in [0.29, 0.717) is 11.6 Å². The van der Waals surface area contributed by atoms with Gasteiger partial charge in [-0.3, -0.25) is 24.5 Å². The maximum absolute atomic E-state index is 12.8. The second kappa shape index (κ2) is 9.73. The molecule has 0 bridgehead atoms. The molecule has 1 aliphatic rings. The van der Waals surface area contributed by atoms with Crippen LogP contribution in [0.4, 0.5) is 11.4 Å². The molecule has 0 saturated heterocycles. The third-order valence-electron chi connectivity index (χ3n) is 5.23. The van der Waals surface area contributed by atoms with Gasteiger partial charge in [0.25, 0.3) is 5.69 Å². The van der Waals surface area contributed by atoms with Gasteiger partial charge in [-0.25, -0.2) is 4.79 Å². The van der Waals surface area contributed by atoms with Crippen LogP contribution in [0.5, 0.6) is 0 Å². The first-order valence-corrected chi connectivity index (χ1v) is 11.2. The lowest BCUT2D eigenvalue weighted by Crippen LogP contribution is -2.30. The molecule has 0 radical (unpaired) electrons. The van der Waals surface area contributed by atoms with Crippen molar-refractivity contribution in [2.45, 2.75) is 37.3 Å². The molecule has 164 valence electrons. The summed E-state index contributed by atoms with van der Waals surface area (Å²) in [6.07, 6.45) is 6.99. The third kappa shape index (κ3) is 4.86. The maximum atomic E-state index is 12.8. The zero-order chi connectivity index (χ0) is 22.5. The monoisotopic (exact) mass is 451 g/mol. The number of amides is 1. The lowest BCUT2D eigenvalue weighted by atomic mass is 9.97. The molecule has 0 atom stereocenters. The molecule has 10 heteroatoms. The van der Waals surface area contributed by atoms with E-state index >= 15 is 0 Å². The number of pyridine rings is 1. The number of para-hydroxylation sites is 2. The van der Waals surface area contributed by atoms with Gasteiger partial charge in [-0.15, -0.1) is 0 Å². The van der Waals surface area contributed by atoms with Gasteiger partial charge in [-0.05, 0) is 43.4 Å². The summed E-state index contributed by atoms with van der Waals surface area (Å²) in [6, 6.07) is 9.74. The van der Waals surface area contributed by atoms with Gasteiger partial charge < -0.3 is 5.32 Å².